The number of rotatable bonds is 9. The number of carbonyl (C=O) groups excluding carboxylic acids is 2. The number of benzene rings is 2. The van der Waals surface area contributed by atoms with Gasteiger partial charge in [-0.25, -0.2) is 0 Å². The van der Waals surface area contributed by atoms with Crippen LogP contribution in [0.2, 0.25) is 0 Å². The summed E-state index contributed by atoms with van der Waals surface area (Å²) in [7, 11) is 1.62. The van der Waals surface area contributed by atoms with Crippen molar-refractivity contribution < 1.29 is 19.1 Å². The molecule has 1 aromatic heterocycles. The Hall–Kier alpha value is -3.32. The first kappa shape index (κ1) is 24.8. The van der Waals surface area contributed by atoms with Gasteiger partial charge in [0.1, 0.15) is 24.7 Å². The fourth-order valence-corrected chi connectivity index (χ4v) is 5.32. The summed E-state index contributed by atoms with van der Waals surface area (Å²) >= 11 is 1.72. The normalized spacial score (nSPS) is 14.8. The number of aryl methyl sites for hydroxylation is 1. The standard InChI is InChI=1S/C28H32N2O4S/c1-4-14-29(28(32)21-10-8-20(2)9-11-21)18-27(31)30-15-12-26-24(13-16-35-26)25(30)19-34-23-7-5-6-22(17-23)33-3/h5-11,13,16-17,25H,4,12,14-15,18-19H2,1-3H3/t25-/m0/s1. The van der Waals surface area contributed by atoms with Gasteiger partial charge < -0.3 is 19.3 Å². The van der Waals surface area contributed by atoms with Gasteiger partial charge in [-0.15, -0.1) is 11.3 Å². The molecule has 0 N–H and O–H groups in total. The second-order valence-corrected chi connectivity index (χ2v) is 9.74. The van der Waals surface area contributed by atoms with Crippen LogP contribution in [0, 0.1) is 6.92 Å². The van der Waals surface area contributed by atoms with Gasteiger partial charge in [-0.2, -0.15) is 0 Å². The Bertz CT molecular complexity index is 1160. The van der Waals surface area contributed by atoms with Crippen molar-refractivity contribution in [2.24, 2.45) is 0 Å². The Morgan fingerprint density at radius 3 is 2.63 bits per heavy atom. The highest BCUT2D eigenvalue weighted by Gasteiger charge is 2.33. The minimum atomic E-state index is -0.207. The number of fused-ring (bicyclic) bond motifs is 1. The van der Waals surface area contributed by atoms with Gasteiger partial charge in [0, 0.05) is 29.6 Å². The molecular weight excluding hydrogens is 460 g/mol. The molecule has 6 nitrogen and oxygen atoms in total. The van der Waals surface area contributed by atoms with Gasteiger partial charge in [0.15, 0.2) is 0 Å². The van der Waals surface area contributed by atoms with Gasteiger partial charge >= 0.3 is 0 Å². The van der Waals surface area contributed by atoms with Crippen LogP contribution < -0.4 is 9.47 Å². The maximum Gasteiger partial charge on any atom is 0.254 e. The fourth-order valence-electron chi connectivity index (χ4n) is 4.40. The number of hydrogen-bond acceptors (Lipinski definition) is 5. The minimum absolute atomic E-state index is 0.0513. The number of hydrogen-bond donors (Lipinski definition) is 0. The summed E-state index contributed by atoms with van der Waals surface area (Å²) in [5.74, 6) is 1.24. The molecule has 184 valence electrons. The van der Waals surface area contributed by atoms with Crippen molar-refractivity contribution in [1.29, 1.82) is 0 Å². The molecule has 0 spiro atoms. The monoisotopic (exact) mass is 492 g/mol. The van der Waals surface area contributed by atoms with E-state index < -0.39 is 0 Å². The van der Waals surface area contributed by atoms with Gasteiger partial charge in [0.05, 0.1) is 13.2 Å². The van der Waals surface area contributed by atoms with Crippen molar-refractivity contribution in [2.45, 2.75) is 32.7 Å². The first-order chi connectivity index (χ1) is 17.0. The molecule has 2 heterocycles. The summed E-state index contributed by atoms with van der Waals surface area (Å²) in [4.78, 5) is 31.6. The molecule has 2 amide bonds. The van der Waals surface area contributed by atoms with E-state index in [-0.39, 0.29) is 24.4 Å². The Balaban J connectivity index is 1.51. The zero-order valence-electron chi connectivity index (χ0n) is 20.5. The largest absolute Gasteiger partial charge is 0.497 e. The van der Waals surface area contributed by atoms with Crippen LogP contribution >= 0.6 is 11.3 Å². The molecule has 0 unspecified atom stereocenters. The number of carbonyl (C=O) groups is 2. The van der Waals surface area contributed by atoms with E-state index >= 15 is 0 Å². The first-order valence-electron chi connectivity index (χ1n) is 12.0. The molecular formula is C28H32N2O4S. The van der Waals surface area contributed by atoms with E-state index in [0.717, 1.165) is 29.7 Å². The topological polar surface area (TPSA) is 59.1 Å². The van der Waals surface area contributed by atoms with E-state index in [1.165, 1.54) is 4.88 Å². The predicted molar refractivity (Wildman–Crippen MR) is 138 cm³/mol. The smallest absolute Gasteiger partial charge is 0.254 e. The molecule has 0 bridgehead atoms. The van der Waals surface area contributed by atoms with Crippen molar-refractivity contribution in [1.82, 2.24) is 9.80 Å². The minimum Gasteiger partial charge on any atom is -0.497 e. The summed E-state index contributed by atoms with van der Waals surface area (Å²) in [5, 5.41) is 2.07. The molecule has 1 atom stereocenters. The number of amides is 2. The molecule has 0 saturated carbocycles. The molecule has 0 fully saturated rings. The Kier molecular flexibility index (Phi) is 8.08. The second-order valence-electron chi connectivity index (χ2n) is 8.73. The summed E-state index contributed by atoms with van der Waals surface area (Å²) in [6.07, 6.45) is 1.59. The highest BCUT2D eigenvalue weighted by molar-refractivity contribution is 7.10. The molecule has 2 aromatic carbocycles. The molecule has 7 heteroatoms. The molecule has 35 heavy (non-hydrogen) atoms. The van der Waals surface area contributed by atoms with E-state index in [1.54, 1.807) is 23.3 Å². The zero-order chi connectivity index (χ0) is 24.8. The quantitative estimate of drug-likeness (QED) is 0.416. The Morgan fingerprint density at radius 2 is 1.89 bits per heavy atom. The molecule has 4 rings (SSSR count). The van der Waals surface area contributed by atoms with Gasteiger partial charge in [-0.05, 0) is 61.0 Å². The van der Waals surface area contributed by atoms with Crippen LogP contribution in [-0.4, -0.2) is 55.0 Å². The van der Waals surface area contributed by atoms with E-state index in [4.69, 9.17) is 9.47 Å². The maximum absolute atomic E-state index is 13.6. The summed E-state index contributed by atoms with van der Waals surface area (Å²) in [5.41, 5.74) is 2.83. The van der Waals surface area contributed by atoms with Crippen molar-refractivity contribution >= 4 is 23.2 Å². The van der Waals surface area contributed by atoms with E-state index in [9.17, 15) is 9.59 Å². The Labute approximate surface area is 211 Å². The number of thiophene rings is 1. The lowest BCUT2D eigenvalue weighted by molar-refractivity contribution is -0.135. The number of nitrogens with zero attached hydrogens (tertiary/aromatic N) is 2. The van der Waals surface area contributed by atoms with Crippen LogP contribution in [0.25, 0.3) is 0 Å². The van der Waals surface area contributed by atoms with E-state index in [0.29, 0.717) is 31.0 Å². The second kappa shape index (κ2) is 11.4. The van der Waals surface area contributed by atoms with E-state index in [2.05, 4.69) is 11.4 Å². The highest BCUT2D eigenvalue weighted by atomic mass is 32.1. The van der Waals surface area contributed by atoms with Crippen LogP contribution in [0.4, 0.5) is 0 Å². The average molecular weight is 493 g/mol. The van der Waals surface area contributed by atoms with Crippen LogP contribution in [0.3, 0.4) is 0 Å². The third-order valence-corrected chi connectivity index (χ3v) is 7.27. The lowest BCUT2D eigenvalue weighted by Crippen LogP contribution is -2.48. The molecule has 0 aliphatic carbocycles. The third kappa shape index (κ3) is 5.85. The van der Waals surface area contributed by atoms with Gasteiger partial charge in [-0.3, -0.25) is 9.59 Å². The highest BCUT2D eigenvalue weighted by Crippen LogP contribution is 2.34. The van der Waals surface area contributed by atoms with Crippen LogP contribution in [0.5, 0.6) is 11.5 Å². The van der Waals surface area contributed by atoms with Crippen molar-refractivity contribution in [2.75, 3.05) is 33.4 Å². The maximum atomic E-state index is 13.6. The summed E-state index contributed by atoms with van der Waals surface area (Å²) in [6, 6.07) is 16.9. The Morgan fingerprint density at radius 1 is 1.11 bits per heavy atom. The van der Waals surface area contributed by atoms with Crippen LogP contribution in [0.1, 0.15) is 45.7 Å². The molecule has 0 radical (unpaired) electrons. The molecule has 1 aliphatic rings. The summed E-state index contributed by atoms with van der Waals surface area (Å²) in [6.45, 7) is 5.53. The molecule has 0 saturated heterocycles. The zero-order valence-corrected chi connectivity index (χ0v) is 21.3. The fraction of sp³-hybridized carbons (Fsp3) is 0.357. The predicted octanol–water partition coefficient (Wildman–Crippen LogP) is 5.12. The lowest BCUT2D eigenvalue weighted by Gasteiger charge is -2.37. The van der Waals surface area contributed by atoms with Crippen molar-refractivity contribution in [3.05, 3.63) is 81.5 Å². The molecule has 3 aromatic rings. The summed E-state index contributed by atoms with van der Waals surface area (Å²) < 4.78 is 11.4. The number of ether oxygens (including phenoxy) is 2. The van der Waals surface area contributed by atoms with Gasteiger partial charge in [-0.1, -0.05) is 30.7 Å². The van der Waals surface area contributed by atoms with Crippen molar-refractivity contribution in [3.8, 4) is 11.5 Å². The lowest BCUT2D eigenvalue weighted by atomic mass is 10.0. The van der Waals surface area contributed by atoms with E-state index in [1.807, 2.05) is 67.3 Å². The average Bonchev–Trinajstić information content (AvgIpc) is 3.36. The van der Waals surface area contributed by atoms with Gasteiger partial charge in [0.2, 0.25) is 5.91 Å². The van der Waals surface area contributed by atoms with Crippen molar-refractivity contribution in [3.63, 3.8) is 0 Å². The van der Waals surface area contributed by atoms with Crippen LogP contribution in [-0.2, 0) is 11.2 Å². The van der Waals surface area contributed by atoms with Crippen LogP contribution in [0.15, 0.2) is 60.0 Å². The SMILES string of the molecule is CCCN(CC(=O)N1CCc2sccc2[C@@H]1COc1cccc(OC)c1)C(=O)c1ccc(C)cc1. The molecule has 1 aliphatic heterocycles. The third-order valence-electron chi connectivity index (χ3n) is 6.27. The first-order valence-corrected chi connectivity index (χ1v) is 12.9. The van der Waals surface area contributed by atoms with Gasteiger partial charge in [0.25, 0.3) is 5.91 Å². The number of methoxy groups -OCH3 is 1.